The SMILES string of the molecule is COC(=O)[C@H]1CCCN(C(=O)CCC(F)(F)F)C1. The molecule has 0 saturated carbocycles. The number of likely N-dealkylation sites (tertiary alicyclic amines) is 1. The summed E-state index contributed by atoms with van der Waals surface area (Å²) < 4.78 is 40.6. The molecule has 1 aliphatic rings. The van der Waals surface area contributed by atoms with Gasteiger partial charge in [-0.2, -0.15) is 13.2 Å². The van der Waals surface area contributed by atoms with Gasteiger partial charge in [-0.1, -0.05) is 0 Å². The monoisotopic (exact) mass is 267 g/mol. The van der Waals surface area contributed by atoms with Gasteiger partial charge < -0.3 is 9.64 Å². The summed E-state index contributed by atoms with van der Waals surface area (Å²) in [5.74, 6) is -1.39. The lowest BCUT2D eigenvalue weighted by atomic mass is 9.98. The van der Waals surface area contributed by atoms with Crippen molar-refractivity contribution in [2.75, 3.05) is 20.2 Å². The van der Waals surface area contributed by atoms with Crippen LogP contribution in [0.2, 0.25) is 0 Å². The van der Waals surface area contributed by atoms with E-state index in [0.29, 0.717) is 19.4 Å². The summed E-state index contributed by atoms with van der Waals surface area (Å²) in [5.41, 5.74) is 0. The van der Waals surface area contributed by atoms with Gasteiger partial charge in [0.1, 0.15) is 0 Å². The van der Waals surface area contributed by atoms with Gasteiger partial charge in [0.15, 0.2) is 0 Å². The molecule has 1 fully saturated rings. The molecule has 0 N–H and O–H groups in total. The molecule has 1 atom stereocenters. The minimum absolute atomic E-state index is 0.156. The van der Waals surface area contributed by atoms with Crippen LogP contribution < -0.4 is 0 Å². The number of hydrogen-bond donors (Lipinski definition) is 0. The summed E-state index contributed by atoms with van der Waals surface area (Å²) in [7, 11) is 1.26. The lowest BCUT2D eigenvalue weighted by molar-refractivity contribution is -0.154. The number of alkyl halides is 3. The second-order valence-electron chi connectivity index (χ2n) is 4.32. The van der Waals surface area contributed by atoms with Crippen molar-refractivity contribution < 1.29 is 27.5 Å². The number of methoxy groups -OCH3 is 1. The predicted octanol–water partition coefficient (Wildman–Crippen LogP) is 1.74. The van der Waals surface area contributed by atoms with Crippen LogP contribution in [0.1, 0.15) is 25.7 Å². The topological polar surface area (TPSA) is 46.6 Å². The number of hydrogen-bond acceptors (Lipinski definition) is 3. The van der Waals surface area contributed by atoms with Gasteiger partial charge in [-0.15, -0.1) is 0 Å². The van der Waals surface area contributed by atoms with Crippen LogP contribution in [0.3, 0.4) is 0 Å². The smallest absolute Gasteiger partial charge is 0.389 e. The van der Waals surface area contributed by atoms with Crippen LogP contribution in [0.25, 0.3) is 0 Å². The molecular weight excluding hydrogens is 251 g/mol. The van der Waals surface area contributed by atoms with Crippen LogP contribution in [-0.4, -0.2) is 43.2 Å². The zero-order valence-electron chi connectivity index (χ0n) is 10.1. The first kappa shape index (κ1) is 14.8. The third-order valence-corrected chi connectivity index (χ3v) is 2.93. The van der Waals surface area contributed by atoms with E-state index >= 15 is 0 Å². The second-order valence-corrected chi connectivity index (χ2v) is 4.32. The maximum atomic E-state index is 12.0. The van der Waals surface area contributed by atoms with Crippen molar-refractivity contribution in [3.63, 3.8) is 0 Å². The molecule has 1 saturated heterocycles. The summed E-state index contributed by atoms with van der Waals surface area (Å²) in [6.07, 6.45) is -4.79. The molecule has 1 rings (SSSR count). The molecule has 0 aromatic carbocycles. The van der Waals surface area contributed by atoms with E-state index in [1.165, 1.54) is 12.0 Å². The Morgan fingerprint density at radius 3 is 2.61 bits per heavy atom. The number of amides is 1. The number of rotatable bonds is 3. The number of nitrogens with zero attached hydrogens (tertiary/aromatic N) is 1. The maximum absolute atomic E-state index is 12.0. The molecule has 1 amide bonds. The lowest BCUT2D eigenvalue weighted by Gasteiger charge is -2.31. The van der Waals surface area contributed by atoms with Crippen molar-refractivity contribution in [1.82, 2.24) is 4.90 Å². The largest absolute Gasteiger partial charge is 0.469 e. The molecule has 0 aromatic rings. The molecule has 0 radical (unpaired) electrons. The van der Waals surface area contributed by atoms with E-state index in [4.69, 9.17) is 0 Å². The van der Waals surface area contributed by atoms with E-state index in [1.54, 1.807) is 0 Å². The first-order chi connectivity index (χ1) is 8.33. The number of carbonyl (C=O) groups excluding carboxylic acids is 2. The van der Waals surface area contributed by atoms with E-state index in [0.717, 1.165) is 0 Å². The van der Waals surface area contributed by atoms with Crippen molar-refractivity contribution in [2.24, 2.45) is 5.92 Å². The number of piperidine rings is 1. The lowest BCUT2D eigenvalue weighted by Crippen LogP contribution is -2.42. The quantitative estimate of drug-likeness (QED) is 0.732. The van der Waals surface area contributed by atoms with E-state index in [1.807, 2.05) is 0 Å². The average Bonchev–Trinajstić information content (AvgIpc) is 2.34. The van der Waals surface area contributed by atoms with Gasteiger partial charge in [0, 0.05) is 19.5 Å². The van der Waals surface area contributed by atoms with E-state index < -0.39 is 36.8 Å². The fourth-order valence-electron chi connectivity index (χ4n) is 1.97. The molecule has 0 spiro atoms. The van der Waals surface area contributed by atoms with E-state index in [-0.39, 0.29) is 6.54 Å². The maximum Gasteiger partial charge on any atom is 0.389 e. The van der Waals surface area contributed by atoms with Crippen molar-refractivity contribution in [3.05, 3.63) is 0 Å². The molecule has 104 valence electrons. The molecule has 0 aromatic heterocycles. The number of carbonyl (C=O) groups is 2. The number of esters is 1. The summed E-state index contributed by atoms with van der Waals surface area (Å²) in [6, 6.07) is 0. The van der Waals surface area contributed by atoms with E-state index in [2.05, 4.69) is 4.74 Å². The van der Waals surface area contributed by atoms with Gasteiger partial charge in [0.05, 0.1) is 19.4 Å². The summed E-state index contributed by atoms with van der Waals surface area (Å²) in [5, 5.41) is 0. The minimum atomic E-state index is -4.33. The predicted molar refractivity (Wildman–Crippen MR) is 56.6 cm³/mol. The molecule has 0 aliphatic carbocycles. The van der Waals surface area contributed by atoms with Crippen LogP contribution in [0.4, 0.5) is 13.2 Å². The standard InChI is InChI=1S/C11H16F3NO3/c1-18-10(17)8-3-2-6-15(7-8)9(16)4-5-11(12,13)14/h8H,2-7H2,1H3/t8-/m0/s1. The van der Waals surface area contributed by atoms with Gasteiger partial charge in [0.2, 0.25) is 5.91 Å². The summed E-state index contributed by atoms with van der Waals surface area (Å²) >= 11 is 0. The zero-order valence-corrected chi connectivity index (χ0v) is 10.1. The molecule has 0 unspecified atom stereocenters. The fraction of sp³-hybridized carbons (Fsp3) is 0.818. The highest BCUT2D eigenvalue weighted by atomic mass is 19.4. The minimum Gasteiger partial charge on any atom is -0.469 e. The molecule has 4 nitrogen and oxygen atoms in total. The highest BCUT2D eigenvalue weighted by Gasteiger charge is 2.32. The Bertz CT molecular complexity index is 317. The first-order valence-electron chi connectivity index (χ1n) is 5.76. The molecule has 7 heteroatoms. The van der Waals surface area contributed by atoms with Crippen LogP contribution in [0.15, 0.2) is 0 Å². The highest BCUT2D eigenvalue weighted by molar-refractivity contribution is 5.78. The average molecular weight is 267 g/mol. The molecule has 1 aliphatic heterocycles. The van der Waals surface area contributed by atoms with E-state index in [9.17, 15) is 22.8 Å². The molecule has 0 bridgehead atoms. The zero-order chi connectivity index (χ0) is 13.8. The number of ether oxygens (including phenoxy) is 1. The highest BCUT2D eigenvalue weighted by Crippen LogP contribution is 2.23. The van der Waals surface area contributed by atoms with Gasteiger partial charge in [0.25, 0.3) is 0 Å². The normalized spacial score (nSPS) is 20.7. The Hall–Kier alpha value is -1.27. The Morgan fingerprint density at radius 1 is 1.39 bits per heavy atom. The van der Waals surface area contributed by atoms with Gasteiger partial charge in [-0.05, 0) is 12.8 Å². The van der Waals surface area contributed by atoms with Crippen molar-refractivity contribution in [1.29, 1.82) is 0 Å². The molecular formula is C11H16F3NO3. The van der Waals surface area contributed by atoms with Gasteiger partial charge in [-0.25, -0.2) is 0 Å². The second kappa shape index (κ2) is 6.06. The summed E-state index contributed by atoms with van der Waals surface area (Å²) in [6.45, 7) is 0.563. The van der Waals surface area contributed by atoms with Gasteiger partial charge in [-0.3, -0.25) is 9.59 Å². The Balaban J connectivity index is 2.46. The number of halogens is 3. The van der Waals surface area contributed by atoms with Crippen molar-refractivity contribution in [2.45, 2.75) is 31.9 Å². The third kappa shape index (κ3) is 4.54. The van der Waals surface area contributed by atoms with Crippen LogP contribution in [0, 0.1) is 5.92 Å². The van der Waals surface area contributed by atoms with Crippen molar-refractivity contribution >= 4 is 11.9 Å². The Morgan fingerprint density at radius 2 is 2.06 bits per heavy atom. The fourth-order valence-corrected chi connectivity index (χ4v) is 1.97. The van der Waals surface area contributed by atoms with Crippen LogP contribution in [-0.2, 0) is 14.3 Å². The molecule has 18 heavy (non-hydrogen) atoms. The van der Waals surface area contributed by atoms with Crippen LogP contribution in [0.5, 0.6) is 0 Å². The third-order valence-electron chi connectivity index (χ3n) is 2.93. The molecule has 1 heterocycles. The summed E-state index contributed by atoms with van der Waals surface area (Å²) in [4.78, 5) is 24.2. The Kier molecular flexibility index (Phi) is 4.98. The van der Waals surface area contributed by atoms with Gasteiger partial charge >= 0.3 is 12.1 Å². The first-order valence-corrected chi connectivity index (χ1v) is 5.76. The Labute approximate surface area is 103 Å². The van der Waals surface area contributed by atoms with Crippen molar-refractivity contribution in [3.8, 4) is 0 Å². The van der Waals surface area contributed by atoms with Crippen LogP contribution >= 0.6 is 0 Å².